The number of nitrogens with zero attached hydrogens (tertiary/aromatic N) is 4. The fourth-order valence-electron chi connectivity index (χ4n) is 18.3. The van der Waals surface area contributed by atoms with Gasteiger partial charge in [0.25, 0.3) is 0 Å². The predicted octanol–water partition coefficient (Wildman–Crippen LogP) is 30.5. The fraction of sp³-hybridized carbons (Fsp3) is 0. The lowest BCUT2D eigenvalue weighted by atomic mass is 9.97. The third kappa shape index (κ3) is 10.6. The van der Waals surface area contributed by atoms with E-state index in [1.54, 1.807) is 0 Å². The minimum atomic E-state index is 1.16. The third-order valence-corrected chi connectivity index (χ3v) is 25.9. The van der Waals surface area contributed by atoms with Crippen molar-refractivity contribution < 1.29 is 0 Å². The minimum Gasteiger partial charge on any atom is -0.309 e. The zero-order valence-corrected chi connectivity index (χ0v) is 63.5. The van der Waals surface area contributed by atoms with Gasteiger partial charge in [0.15, 0.2) is 0 Å². The second-order valence-electron chi connectivity index (χ2n) is 29.8. The van der Waals surface area contributed by atoms with E-state index in [1.165, 1.54) is 206 Å². The summed E-state index contributed by atoms with van der Waals surface area (Å²) in [5.74, 6) is 0. The van der Waals surface area contributed by atoms with Gasteiger partial charge in [-0.2, -0.15) is 0 Å². The highest BCUT2D eigenvalue weighted by Crippen LogP contribution is 2.49. The van der Waals surface area contributed by atoms with Gasteiger partial charge in [0.1, 0.15) is 0 Å². The summed E-state index contributed by atoms with van der Waals surface area (Å²) < 4.78 is 15.0. The molecule has 0 atom stereocenters. The van der Waals surface area contributed by atoms with Crippen LogP contribution in [0.5, 0.6) is 0 Å². The van der Waals surface area contributed by atoms with Crippen LogP contribution in [0.25, 0.3) is 217 Å². The van der Waals surface area contributed by atoms with Gasteiger partial charge < -0.3 is 18.3 Å². The van der Waals surface area contributed by atoms with Crippen LogP contribution in [0.1, 0.15) is 0 Å². The molecule has 6 aromatic heterocycles. The molecule has 0 aliphatic rings. The summed E-state index contributed by atoms with van der Waals surface area (Å²) in [5, 5.41) is 15.2. The molecular weight excluding hydrogens is 1420 g/mol. The summed E-state index contributed by atoms with van der Waals surface area (Å²) >= 11 is 3.78. The van der Waals surface area contributed by atoms with E-state index >= 15 is 0 Å². The molecule has 0 unspecified atom stereocenters. The van der Waals surface area contributed by atoms with Gasteiger partial charge in [0.2, 0.25) is 0 Å². The molecule has 0 fully saturated rings. The third-order valence-electron chi connectivity index (χ3n) is 23.4. The molecule has 0 N–H and O–H groups in total. The van der Waals surface area contributed by atoms with Gasteiger partial charge in [-0.05, 0) is 183 Å². The van der Waals surface area contributed by atoms with Crippen molar-refractivity contribution in [2.24, 2.45) is 0 Å². The number of benzene rings is 18. The monoisotopic (exact) mass is 1480 g/mol. The first-order chi connectivity index (χ1) is 56.6. The van der Waals surface area contributed by atoms with E-state index < -0.39 is 0 Å². The van der Waals surface area contributed by atoms with Crippen molar-refractivity contribution in [3.05, 3.63) is 413 Å². The second kappa shape index (κ2) is 26.7. The lowest BCUT2D eigenvalue weighted by Crippen LogP contribution is -1.95. The molecule has 0 bridgehead atoms. The van der Waals surface area contributed by atoms with E-state index in [4.69, 9.17) is 0 Å². The number of aromatic nitrogens is 4. The van der Waals surface area contributed by atoms with Crippen molar-refractivity contribution >= 4 is 150 Å². The molecule has 6 heterocycles. The van der Waals surface area contributed by atoms with Crippen LogP contribution in [0.3, 0.4) is 0 Å². The molecule has 0 aliphatic heterocycles. The molecule has 0 radical (unpaired) electrons. The minimum absolute atomic E-state index is 1.16. The van der Waals surface area contributed by atoms with Crippen LogP contribution in [-0.2, 0) is 0 Å². The van der Waals surface area contributed by atoms with Crippen molar-refractivity contribution in [2.75, 3.05) is 0 Å². The Morgan fingerprint density at radius 2 is 0.456 bits per heavy atom. The van der Waals surface area contributed by atoms with Crippen molar-refractivity contribution in [1.29, 1.82) is 0 Å². The van der Waals surface area contributed by atoms with Gasteiger partial charge >= 0.3 is 0 Å². The molecule has 6 heteroatoms. The standard InChI is InChI=1S/2C54H34N2S/c1-3-15-35(16-4-1)36-17-13-18-37(31-36)45-33-40(34-47-43-22-9-12-28-52(43)57-54(45)47)56-49-26-11-8-23-44(49)53-41(24-14-27-51(53)56)38-29-30-50-46(32-38)42-21-7-10-25-48(42)55(50)39-19-5-2-6-20-39;1-3-14-35(15-4-1)36-26-28-37(29-27-36)45-33-40(34-47-43-19-9-12-25-52(43)57-54(45)47)56-49-23-11-8-20-44(49)53-41(21-13-24-51(53)56)38-30-31-50-46(32-38)42-18-7-10-22-48(42)55(50)39-16-5-2-6-17-39/h2*1-34H. The van der Waals surface area contributed by atoms with E-state index in [9.17, 15) is 0 Å². The average molecular weight is 1490 g/mol. The average Bonchev–Trinajstić information content (AvgIpc) is 1.57. The molecule has 0 saturated carbocycles. The van der Waals surface area contributed by atoms with Crippen LogP contribution in [0.4, 0.5) is 0 Å². The molecular formula is C108H68N4S2. The maximum absolute atomic E-state index is 2.49. The molecule has 4 nitrogen and oxygen atoms in total. The van der Waals surface area contributed by atoms with E-state index in [0.29, 0.717) is 0 Å². The predicted molar refractivity (Wildman–Crippen MR) is 489 cm³/mol. The number of fused-ring (bicyclic) bond motifs is 18. The molecule has 0 spiro atoms. The number of rotatable bonds is 10. The van der Waals surface area contributed by atoms with Crippen molar-refractivity contribution in [2.45, 2.75) is 0 Å². The Morgan fingerprint density at radius 1 is 0.149 bits per heavy atom. The maximum Gasteiger partial charge on any atom is 0.0547 e. The zero-order chi connectivity index (χ0) is 74.9. The smallest absolute Gasteiger partial charge is 0.0547 e. The first-order valence-electron chi connectivity index (χ1n) is 39.0. The van der Waals surface area contributed by atoms with E-state index in [0.717, 1.165) is 11.4 Å². The lowest BCUT2D eigenvalue weighted by Gasteiger charge is -2.13. The Balaban J connectivity index is 0.000000135. The summed E-state index contributed by atoms with van der Waals surface area (Å²) in [6, 6.07) is 151. The lowest BCUT2D eigenvalue weighted by molar-refractivity contribution is 1.18. The summed E-state index contributed by atoms with van der Waals surface area (Å²) in [7, 11) is 0. The number of para-hydroxylation sites is 6. The number of hydrogen-bond acceptors (Lipinski definition) is 2. The molecule has 18 aromatic carbocycles. The summed E-state index contributed by atoms with van der Waals surface area (Å²) in [5.41, 5.74) is 29.1. The quantitative estimate of drug-likeness (QED) is 0.130. The Morgan fingerprint density at radius 3 is 0.930 bits per heavy atom. The highest BCUT2D eigenvalue weighted by molar-refractivity contribution is 7.26. The molecule has 24 aromatic rings. The zero-order valence-electron chi connectivity index (χ0n) is 61.9. The van der Waals surface area contributed by atoms with Crippen LogP contribution in [0, 0.1) is 0 Å². The van der Waals surface area contributed by atoms with Crippen LogP contribution < -0.4 is 0 Å². The summed E-state index contributed by atoms with van der Waals surface area (Å²) in [4.78, 5) is 0. The van der Waals surface area contributed by atoms with Gasteiger partial charge in [-0.1, -0.05) is 285 Å². The van der Waals surface area contributed by atoms with E-state index in [2.05, 4.69) is 431 Å². The first kappa shape index (κ1) is 65.5. The summed E-state index contributed by atoms with van der Waals surface area (Å²) in [6.45, 7) is 0. The van der Waals surface area contributed by atoms with E-state index in [-0.39, 0.29) is 0 Å². The van der Waals surface area contributed by atoms with Gasteiger partial charge in [-0.15, -0.1) is 22.7 Å². The second-order valence-corrected chi connectivity index (χ2v) is 31.9. The molecule has 114 heavy (non-hydrogen) atoms. The van der Waals surface area contributed by atoms with Gasteiger partial charge in [-0.25, -0.2) is 0 Å². The highest BCUT2D eigenvalue weighted by Gasteiger charge is 2.25. The van der Waals surface area contributed by atoms with Gasteiger partial charge in [0, 0.05) is 117 Å². The number of hydrogen-bond donors (Lipinski definition) is 0. The topological polar surface area (TPSA) is 19.7 Å². The van der Waals surface area contributed by atoms with E-state index in [1.807, 2.05) is 22.7 Å². The summed E-state index contributed by atoms with van der Waals surface area (Å²) in [6.07, 6.45) is 0. The van der Waals surface area contributed by atoms with Crippen molar-refractivity contribution in [1.82, 2.24) is 18.3 Å². The number of thiophene rings is 2. The van der Waals surface area contributed by atoms with Gasteiger partial charge in [-0.3, -0.25) is 0 Å². The Labute approximate surface area is 665 Å². The largest absolute Gasteiger partial charge is 0.309 e. The molecule has 0 aliphatic carbocycles. The van der Waals surface area contributed by atoms with Gasteiger partial charge in [0.05, 0.1) is 44.1 Å². The van der Waals surface area contributed by atoms with Crippen molar-refractivity contribution in [3.63, 3.8) is 0 Å². The first-order valence-corrected chi connectivity index (χ1v) is 40.7. The normalized spacial score (nSPS) is 11.9. The van der Waals surface area contributed by atoms with Crippen LogP contribution in [0.2, 0.25) is 0 Å². The Kier molecular flexibility index (Phi) is 15.3. The Hall–Kier alpha value is -14.4. The van der Waals surface area contributed by atoms with Crippen LogP contribution >= 0.6 is 22.7 Å². The maximum atomic E-state index is 2.49. The fourth-order valence-corrected chi connectivity index (χ4v) is 20.8. The Bertz CT molecular complexity index is 7950. The van der Waals surface area contributed by atoms with Crippen molar-refractivity contribution in [3.8, 4) is 89.5 Å². The highest BCUT2D eigenvalue weighted by atomic mass is 32.1. The SMILES string of the molecule is c1ccc(-c2ccc(-c3cc(-n4c5ccccc5c5c(-c6ccc7c(c6)c6ccccc6n7-c6ccccc6)cccc54)cc4c3sc3ccccc34)cc2)cc1.c1ccc(-c2cccc(-c3cc(-n4c5ccccc5c5c(-c6ccc7c(c6)c6ccccc6n7-c6ccccc6)cccc54)cc4c3sc3ccccc34)c2)cc1. The molecule has 24 rings (SSSR count). The van der Waals surface area contributed by atoms with Crippen LogP contribution in [0.15, 0.2) is 413 Å². The molecule has 532 valence electrons. The molecule has 0 amide bonds. The molecule has 0 saturated heterocycles. The van der Waals surface area contributed by atoms with Crippen LogP contribution in [-0.4, -0.2) is 18.3 Å².